The van der Waals surface area contributed by atoms with Crippen LogP contribution in [0.5, 0.6) is 0 Å². The molecule has 3 aliphatic carbocycles. The normalized spacial score (nSPS) is 24.1. The third-order valence-corrected chi connectivity index (χ3v) is 15.8. The number of hydrogen-bond donors (Lipinski definition) is 0. The molecule has 5 heteroatoms. The van der Waals surface area contributed by atoms with E-state index in [-0.39, 0.29) is 17.5 Å². The van der Waals surface area contributed by atoms with Crippen LogP contribution < -0.4 is 0 Å². The summed E-state index contributed by atoms with van der Waals surface area (Å²) in [7, 11) is -1.81. The van der Waals surface area contributed by atoms with E-state index in [4.69, 9.17) is 8.85 Å². The van der Waals surface area contributed by atoms with Crippen LogP contribution in [0.3, 0.4) is 0 Å². The molecule has 0 saturated heterocycles. The summed E-state index contributed by atoms with van der Waals surface area (Å²) in [6.45, 7) is 8.37. The van der Waals surface area contributed by atoms with E-state index in [0.29, 0.717) is 9.76 Å². The van der Waals surface area contributed by atoms with Gasteiger partial charge in [0.1, 0.15) is 0 Å². The first-order valence-electron chi connectivity index (χ1n) is 13.5. The van der Waals surface area contributed by atoms with E-state index in [1.807, 2.05) is 0 Å². The van der Waals surface area contributed by atoms with Gasteiger partial charge >= 0.3 is 0 Å². The number of carbonyl (C=O) groups is 1. The SMILES string of the molecule is CC(C[Si]OC(C)(C)C)C(=O)O[Si](C1CCCCC1)(C1CCCCC1)C1CCCCC1. The Balaban J connectivity index is 1.81. The summed E-state index contributed by atoms with van der Waals surface area (Å²) in [4.78, 5) is 13.6. The van der Waals surface area contributed by atoms with Gasteiger partial charge in [-0.25, -0.2) is 0 Å². The summed E-state index contributed by atoms with van der Waals surface area (Å²) in [6, 6.07) is 0.806. The quantitative estimate of drug-likeness (QED) is 0.342. The van der Waals surface area contributed by atoms with E-state index in [2.05, 4.69) is 27.7 Å². The van der Waals surface area contributed by atoms with E-state index in [1.54, 1.807) is 0 Å². The number of carbonyl (C=O) groups excluding carboxylic acids is 1. The van der Waals surface area contributed by atoms with E-state index in [0.717, 1.165) is 22.7 Å². The van der Waals surface area contributed by atoms with Gasteiger partial charge in [-0.3, -0.25) is 4.79 Å². The molecule has 0 aromatic rings. The van der Waals surface area contributed by atoms with Crippen molar-refractivity contribution in [1.29, 1.82) is 0 Å². The van der Waals surface area contributed by atoms with Gasteiger partial charge < -0.3 is 8.85 Å². The summed E-state index contributed by atoms with van der Waals surface area (Å²) in [5.41, 5.74) is 2.03. The fourth-order valence-corrected chi connectivity index (χ4v) is 14.6. The molecule has 3 saturated carbocycles. The first kappa shape index (κ1) is 25.5. The maximum atomic E-state index is 13.6. The van der Waals surface area contributed by atoms with Gasteiger partial charge in [-0.15, -0.1) is 0 Å². The van der Waals surface area contributed by atoms with Gasteiger partial charge in [0.05, 0.1) is 5.92 Å². The van der Waals surface area contributed by atoms with Crippen molar-refractivity contribution in [3.8, 4) is 0 Å². The van der Waals surface area contributed by atoms with Crippen LogP contribution in [0.1, 0.15) is 124 Å². The smallest absolute Gasteiger partial charge is 0.295 e. The van der Waals surface area contributed by atoms with Crippen molar-refractivity contribution in [2.45, 2.75) is 152 Å². The molecule has 0 aromatic heterocycles. The molecular formula is C26H48O3Si2. The fourth-order valence-electron chi connectivity index (χ4n) is 6.65. The summed E-state index contributed by atoms with van der Waals surface area (Å²) in [5, 5.41) is 0. The number of rotatable bonds is 8. The van der Waals surface area contributed by atoms with Crippen LogP contribution in [-0.2, 0) is 13.6 Å². The molecule has 3 rings (SSSR count). The van der Waals surface area contributed by atoms with E-state index < -0.39 is 8.32 Å². The first-order valence-corrected chi connectivity index (χ1v) is 16.7. The standard InChI is InChI=1S/C26H48O3Si2/c1-21(20-30-29-26(2,3)4)25(27)28-31(22-14-8-5-9-15-22,23-16-10-6-11-17-23)24-18-12-7-13-19-24/h21-24H,5-20H2,1-4H3. The minimum atomic E-state index is -2.18. The molecular weight excluding hydrogens is 416 g/mol. The lowest BCUT2D eigenvalue weighted by atomic mass is 9.98. The second-order valence-electron chi connectivity index (χ2n) is 11.7. The van der Waals surface area contributed by atoms with Crippen molar-refractivity contribution in [1.82, 2.24) is 0 Å². The first-order chi connectivity index (χ1) is 14.8. The van der Waals surface area contributed by atoms with E-state index >= 15 is 0 Å². The van der Waals surface area contributed by atoms with Gasteiger partial charge in [-0.2, -0.15) is 0 Å². The average molecular weight is 465 g/mol. The number of hydrogen-bond acceptors (Lipinski definition) is 3. The second-order valence-corrected chi connectivity index (χ2v) is 17.0. The van der Waals surface area contributed by atoms with Gasteiger partial charge in [-0.05, 0) is 82.0 Å². The fraction of sp³-hybridized carbons (Fsp3) is 0.962. The summed E-state index contributed by atoms with van der Waals surface area (Å²) >= 11 is 0. The highest BCUT2D eigenvalue weighted by Crippen LogP contribution is 2.57. The zero-order valence-electron chi connectivity index (χ0n) is 20.8. The van der Waals surface area contributed by atoms with Gasteiger partial charge in [0.25, 0.3) is 14.3 Å². The molecule has 3 nitrogen and oxygen atoms in total. The molecule has 0 aromatic carbocycles. The van der Waals surface area contributed by atoms with Crippen LogP contribution in [-0.4, -0.2) is 29.7 Å². The second kappa shape index (κ2) is 11.8. The molecule has 0 amide bonds. The molecule has 0 spiro atoms. The molecule has 1 atom stereocenters. The Morgan fingerprint density at radius 1 is 0.806 bits per heavy atom. The Hall–Kier alpha value is -0.136. The minimum absolute atomic E-state index is 0.0386. The Morgan fingerprint density at radius 2 is 1.19 bits per heavy atom. The van der Waals surface area contributed by atoms with Crippen molar-refractivity contribution < 1.29 is 13.6 Å². The third kappa shape index (κ3) is 6.92. The zero-order chi connectivity index (χ0) is 22.3. The lowest BCUT2D eigenvalue weighted by molar-refractivity contribution is -0.139. The molecule has 3 fully saturated rings. The van der Waals surface area contributed by atoms with Gasteiger partial charge in [0.15, 0.2) is 0 Å². The van der Waals surface area contributed by atoms with Crippen LogP contribution in [0.2, 0.25) is 22.7 Å². The Morgan fingerprint density at radius 3 is 1.55 bits per heavy atom. The van der Waals surface area contributed by atoms with Gasteiger partial charge in [0.2, 0.25) is 9.76 Å². The molecule has 178 valence electrons. The lowest BCUT2D eigenvalue weighted by Gasteiger charge is -2.51. The topological polar surface area (TPSA) is 35.5 Å². The average Bonchev–Trinajstić information content (AvgIpc) is 2.78. The zero-order valence-corrected chi connectivity index (χ0v) is 22.8. The monoisotopic (exact) mass is 464 g/mol. The lowest BCUT2D eigenvalue weighted by Crippen LogP contribution is -2.55. The highest BCUT2D eigenvalue weighted by molar-refractivity contribution is 6.79. The largest absolute Gasteiger partial charge is 0.518 e. The van der Waals surface area contributed by atoms with Crippen LogP contribution in [0.25, 0.3) is 0 Å². The predicted octanol–water partition coefficient (Wildman–Crippen LogP) is 7.97. The van der Waals surface area contributed by atoms with Gasteiger partial charge in [0, 0.05) is 5.60 Å². The maximum Gasteiger partial charge on any atom is 0.295 e. The van der Waals surface area contributed by atoms with Crippen molar-refractivity contribution in [2.24, 2.45) is 5.92 Å². The van der Waals surface area contributed by atoms with Gasteiger partial charge in [-0.1, -0.05) is 64.7 Å². The summed E-state index contributed by atoms with van der Waals surface area (Å²) < 4.78 is 13.0. The van der Waals surface area contributed by atoms with E-state index in [1.165, 1.54) is 96.3 Å². The molecule has 31 heavy (non-hydrogen) atoms. The Bertz CT molecular complexity index is 496. The highest BCUT2D eigenvalue weighted by Gasteiger charge is 2.57. The predicted molar refractivity (Wildman–Crippen MR) is 133 cm³/mol. The van der Waals surface area contributed by atoms with Crippen molar-refractivity contribution >= 4 is 24.0 Å². The molecule has 2 radical (unpaired) electrons. The van der Waals surface area contributed by atoms with Crippen LogP contribution in [0.4, 0.5) is 0 Å². The molecule has 0 bridgehead atoms. The van der Waals surface area contributed by atoms with Crippen molar-refractivity contribution in [2.75, 3.05) is 0 Å². The Labute approximate surface area is 195 Å². The van der Waals surface area contributed by atoms with Crippen molar-refractivity contribution in [3.05, 3.63) is 0 Å². The molecule has 0 N–H and O–H groups in total. The van der Waals surface area contributed by atoms with Crippen LogP contribution >= 0.6 is 0 Å². The molecule has 3 aliphatic rings. The van der Waals surface area contributed by atoms with Crippen LogP contribution in [0, 0.1) is 5.92 Å². The summed E-state index contributed by atoms with van der Waals surface area (Å²) in [6.07, 6.45) is 20.2. The highest BCUT2D eigenvalue weighted by atomic mass is 28.4. The third-order valence-electron chi connectivity index (χ3n) is 8.18. The maximum absolute atomic E-state index is 13.6. The van der Waals surface area contributed by atoms with Crippen LogP contribution in [0.15, 0.2) is 0 Å². The molecule has 0 aliphatic heterocycles. The molecule has 0 heterocycles. The summed E-state index contributed by atoms with van der Waals surface area (Å²) in [5.74, 6) is 0.0849. The Kier molecular flexibility index (Phi) is 9.72. The minimum Gasteiger partial charge on any atom is -0.518 e. The molecule has 1 unspecified atom stereocenters. The van der Waals surface area contributed by atoms with Crippen molar-refractivity contribution in [3.63, 3.8) is 0 Å². The van der Waals surface area contributed by atoms with E-state index in [9.17, 15) is 4.79 Å².